The summed E-state index contributed by atoms with van der Waals surface area (Å²) in [4.78, 5) is 61.3. The quantitative estimate of drug-likeness (QED) is 0.141. The molecule has 0 saturated heterocycles. The van der Waals surface area contributed by atoms with Crippen LogP contribution in [-0.4, -0.2) is 70.6 Å². The Morgan fingerprint density at radius 3 is 1.97 bits per heavy atom. The molecule has 0 fully saturated rings. The minimum atomic E-state index is -1.57. The van der Waals surface area contributed by atoms with E-state index in [2.05, 4.69) is 16.0 Å². The molecule has 0 aliphatic heterocycles. The molecule has 36 heavy (non-hydrogen) atoms. The molecule has 12 nitrogen and oxygen atoms in total. The van der Waals surface area contributed by atoms with Crippen molar-refractivity contribution >= 4 is 29.7 Å². The van der Waals surface area contributed by atoms with Gasteiger partial charge in [0.25, 0.3) is 0 Å². The van der Waals surface area contributed by atoms with Crippen molar-refractivity contribution in [2.45, 2.75) is 70.1 Å². The smallest absolute Gasteiger partial charge is 0.326 e. The van der Waals surface area contributed by atoms with Crippen LogP contribution in [0.5, 0.6) is 0 Å². The Balaban J connectivity index is 3.07. The Bertz CT molecular complexity index is 894. The van der Waals surface area contributed by atoms with Gasteiger partial charge in [0.05, 0.1) is 12.5 Å². The van der Waals surface area contributed by atoms with E-state index in [1.54, 1.807) is 44.2 Å². The van der Waals surface area contributed by atoms with Gasteiger partial charge in [-0.15, -0.1) is 0 Å². The third-order valence-corrected chi connectivity index (χ3v) is 5.46. The number of hydrogen-bond acceptors (Lipinski definition) is 7. The van der Waals surface area contributed by atoms with Crippen molar-refractivity contribution in [3.8, 4) is 0 Å². The van der Waals surface area contributed by atoms with Gasteiger partial charge >= 0.3 is 11.9 Å². The predicted molar refractivity (Wildman–Crippen MR) is 132 cm³/mol. The molecule has 3 amide bonds. The number of carbonyl (C=O) groups excluding carboxylic acids is 3. The maximum absolute atomic E-state index is 13.1. The SMILES string of the molecule is CC(C)C(NC(=O)C(CC(=O)O)NC(=O)C(Cc1ccccc1)NC(=O)C(N)CCCCN)C(=O)O. The molecule has 0 bridgehead atoms. The van der Waals surface area contributed by atoms with Crippen LogP contribution in [-0.2, 0) is 30.4 Å². The van der Waals surface area contributed by atoms with Crippen molar-refractivity contribution in [1.29, 1.82) is 0 Å². The highest BCUT2D eigenvalue weighted by Gasteiger charge is 2.32. The van der Waals surface area contributed by atoms with Crippen LogP contribution in [0.2, 0.25) is 0 Å². The highest BCUT2D eigenvalue weighted by molar-refractivity contribution is 5.95. The third kappa shape index (κ3) is 10.8. The molecule has 0 aromatic heterocycles. The molecule has 0 saturated carbocycles. The fourth-order valence-electron chi connectivity index (χ4n) is 3.40. The molecule has 0 heterocycles. The molecule has 200 valence electrons. The fraction of sp³-hybridized carbons (Fsp3) is 0.542. The average Bonchev–Trinajstić information content (AvgIpc) is 2.81. The highest BCUT2D eigenvalue weighted by Crippen LogP contribution is 2.08. The summed E-state index contributed by atoms with van der Waals surface area (Å²) in [5, 5.41) is 25.8. The van der Waals surface area contributed by atoms with Crippen LogP contribution in [0.15, 0.2) is 30.3 Å². The Morgan fingerprint density at radius 1 is 0.861 bits per heavy atom. The van der Waals surface area contributed by atoms with Crippen molar-refractivity contribution in [2.75, 3.05) is 6.54 Å². The maximum atomic E-state index is 13.1. The Labute approximate surface area is 210 Å². The van der Waals surface area contributed by atoms with Gasteiger partial charge in [0.2, 0.25) is 17.7 Å². The number of carboxylic acid groups (broad SMARTS) is 2. The zero-order valence-electron chi connectivity index (χ0n) is 20.6. The van der Waals surface area contributed by atoms with E-state index in [0.29, 0.717) is 31.4 Å². The number of aliphatic carboxylic acids is 2. The van der Waals surface area contributed by atoms with E-state index < -0.39 is 66.2 Å². The number of rotatable bonds is 16. The lowest BCUT2D eigenvalue weighted by Gasteiger charge is -2.25. The van der Waals surface area contributed by atoms with Crippen LogP contribution < -0.4 is 27.4 Å². The number of nitrogens with two attached hydrogens (primary N) is 2. The average molecular weight is 508 g/mol. The first-order valence-corrected chi connectivity index (χ1v) is 11.8. The van der Waals surface area contributed by atoms with E-state index in [0.717, 1.165) is 0 Å². The summed E-state index contributed by atoms with van der Waals surface area (Å²) < 4.78 is 0. The molecule has 4 unspecified atom stereocenters. The van der Waals surface area contributed by atoms with Crippen LogP contribution in [0, 0.1) is 5.92 Å². The molecule has 0 spiro atoms. The third-order valence-electron chi connectivity index (χ3n) is 5.46. The summed E-state index contributed by atoms with van der Waals surface area (Å²) in [5.41, 5.74) is 12.1. The van der Waals surface area contributed by atoms with Crippen molar-refractivity contribution in [1.82, 2.24) is 16.0 Å². The zero-order chi connectivity index (χ0) is 27.3. The number of amides is 3. The lowest BCUT2D eigenvalue weighted by atomic mass is 10.0. The fourth-order valence-corrected chi connectivity index (χ4v) is 3.40. The van der Waals surface area contributed by atoms with Gasteiger partial charge in [-0.3, -0.25) is 19.2 Å². The number of nitrogens with one attached hydrogen (secondary N) is 3. The number of hydrogen-bond donors (Lipinski definition) is 7. The van der Waals surface area contributed by atoms with Gasteiger partial charge in [-0.05, 0) is 30.9 Å². The Kier molecular flexibility index (Phi) is 13.1. The van der Waals surface area contributed by atoms with Gasteiger partial charge in [-0.25, -0.2) is 4.79 Å². The molecule has 0 radical (unpaired) electrons. The first-order chi connectivity index (χ1) is 17.0. The largest absolute Gasteiger partial charge is 0.481 e. The molecule has 1 aromatic carbocycles. The number of benzene rings is 1. The first-order valence-electron chi connectivity index (χ1n) is 11.8. The highest BCUT2D eigenvalue weighted by atomic mass is 16.4. The minimum Gasteiger partial charge on any atom is -0.481 e. The lowest BCUT2D eigenvalue weighted by Crippen LogP contribution is -2.58. The number of carboxylic acids is 2. The van der Waals surface area contributed by atoms with Crippen LogP contribution in [0.3, 0.4) is 0 Å². The summed E-state index contributed by atoms with van der Waals surface area (Å²) in [6.07, 6.45) is 0.945. The summed E-state index contributed by atoms with van der Waals surface area (Å²) in [7, 11) is 0. The van der Waals surface area contributed by atoms with Crippen LogP contribution >= 0.6 is 0 Å². The molecule has 9 N–H and O–H groups in total. The predicted octanol–water partition coefficient (Wildman–Crippen LogP) is -0.645. The van der Waals surface area contributed by atoms with Gasteiger partial charge in [-0.2, -0.15) is 0 Å². The van der Waals surface area contributed by atoms with E-state index in [4.69, 9.17) is 11.5 Å². The minimum absolute atomic E-state index is 0.0547. The Hall–Kier alpha value is -3.51. The van der Waals surface area contributed by atoms with E-state index in [-0.39, 0.29) is 6.42 Å². The number of unbranched alkanes of at least 4 members (excludes halogenated alkanes) is 1. The van der Waals surface area contributed by atoms with Gasteiger partial charge in [0.15, 0.2) is 0 Å². The van der Waals surface area contributed by atoms with E-state index in [9.17, 15) is 34.2 Å². The second-order valence-electron chi connectivity index (χ2n) is 8.87. The van der Waals surface area contributed by atoms with Crippen molar-refractivity contribution in [3.63, 3.8) is 0 Å². The zero-order valence-corrected chi connectivity index (χ0v) is 20.6. The standard InChI is InChI=1S/C24H37N5O7/c1-14(2)20(24(35)36)29-23(34)18(13-19(30)31)28-22(33)17(12-15-8-4-3-5-9-15)27-21(32)16(26)10-6-7-11-25/h3-5,8-9,14,16-18,20H,6-7,10-13,25-26H2,1-2H3,(H,27,32)(H,28,33)(H,29,34)(H,30,31)(H,35,36). The van der Waals surface area contributed by atoms with Crippen LogP contribution in [0.4, 0.5) is 0 Å². The van der Waals surface area contributed by atoms with Gasteiger partial charge in [-0.1, -0.05) is 50.6 Å². The summed E-state index contributed by atoms with van der Waals surface area (Å²) in [6, 6.07) is 3.89. The molecule has 4 atom stereocenters. The molecular weight excluding hydrogens is 470 g/mol. The van der Waals surface area contributed by atoms with Gasteiger partial charge in [0, 0.05) is 6.42 Å². The normalized spacial score (nSPS) is 14.2. The van der Waals surface area contributed by atoms with E-state index in [1.807, 2.05) is 0 Å². The lowest BCUT2D eigenvalue weighted by molar-refractivity contribution is -0.144. The van der Waals surface area contributed by atoms with Crippen molar-refractivity contribution in [3.05, 3.63) is 35.9 Å². The monoisotopic (exact) mass is 507 g/mol. The van der Waals surface area contributed by atoms with Crippen molar-refractivity contribution < 1.29 is 34.2 Å². The molecule has 0 aliphatic rings. The molecule has 1 rings (SSSR count). The topological polar surface area (TPSA) is 214 Å². The van der Waals surface area contributed by atoms with Crippen molar-refractivity contribution in [2.24, 2.45) is 17.4 Å². The Morgan fingerprint density at radius 2 is 1.44 bits per heavy atom. The maximum Gasteiger partial charge on any atom is 0.326 e. The van der Waals surface area contributed by atoms with Crippen LogP contribution in [0.25, 0.3) is 0 Å². The second kappa shape index (κ2) is 15.5. The summed E-state index contributed by atoms with van der Waals surface area (Å²) in [6.45, 7) is 3.61. The molecule has 0 aliphatic carbocycles. The van der Waals surface area contributed by atoms with E-state index >= 15 is 0 Å². The molecule has 12 heteroatoms. The van der Waals surface area contributed by atoms with Gasteiger partial charge in [0.1, 0.15) is 18.1 Å². The van der Waals surface area contributed by atoms with E-state index in [1.165, 1.54) is 0 Å². The summed E-state index contributed by atoms with van der Waals surface area (Å²) >= 11 is 0. The molecular formula is C24H37N5O7. The number of carbonyl (C=O) groups is 5. The first kappa shape index (κ1) is 30.5. The van der Waals surface area contributed by atoms with Gasteiger partial charge < -0.3 is 37.6 Å². The summed E-state index contributed by atoms with van der Waals surface area (Å²) in [5.74, 6) is -5.50. The van der Waals surface area contributed by atoms with Crippen LogP contribution in [0.1, 0.15) is 45.1 Å². The molecule has 1 aromatic rings. The second-order valence-corrected chi connectivity index (χ2v) is 8.87.